The molecule has 0 amide bonds. The minimum atomic E-state index is -0.0938. The first-order valence-corrected chi connectivity index (χ1v) is 6.43. The standard InChI is InChI=1S/C15H22O2/c1-3-15(16)17-11-6-4-5-9-14-10-7-8-13(2)12-14/h7-8,10,12H,3-6,9,11H2,1-2H3. The Morgan fingerprint density at radius 1 is 1.24 bits per heavy atom. The second-order valence-corrected chi connectivity index (χ2v) is 4.37. The molecule has 0 fully saturated rings. The molecule has 0 aliphatic rings. The summed E-state index contributed by atoms with van der Waals surface area (Å²) in [6, 6.07) is 8.63. The molecule has 1 rings (SSSR count). The van der Waals surface area contributed by atoms with E-state index >= 15 is 0 Å². The number of carbonyl (C=O) groups is 1. The van der Waals surface area contributed by atoms with E-state index in [9.17, 15) is 4.79 Å². The van der Waals surface area contributed by atoms with Gasteiger partial charge in [-0.3, -0.25) is 4.79 Å². The molecule has 0 bridgehead atoms. The van der Waals surface area contributed by atoms with Crippen LogP contribution in [0.5, 0.6) is 0 Å². The van der Waals surface area contributed by atoms with E-state index in [2.05, 4.69) is 31.2 Å². The number of benzene rings is 1. The predicted octanol–water partition coefficient (Wildman–Crippen LogP) is 3.66. The smallest absolute Gasteiger partial charge is 0.305 e. The van der Waals surface area contributed by atoms with Crippen molar-refractivity contribution in [2.24, 2.45) is 0 Å². The first-order chi connectivity index (χ1) is 8.22. The van der Waals surface area contributed by atoms with Gasteiger partial charge in [0.25, 0.3) is 0 Å². The maximum Gasteiger partial charge on any atom is 0.305 e. The van der Waals surface area contributed by atoms with Crippen LogP contribution in [0.2, 0.25) is 0 Å². The van der Waals surface area contributed by atoms with Crippen molar-refractivity contribution in [2.45, 2.75) is 46.0 Å². The lowest BCUT2D eigenvalue weighted by Gasteiger charge is -2.04. The number of rotatable bonds is 7. The molecule has 2 nitrogen and oxygen atoms in total. The van der Waals surface area contributed by atoms with Crippen LogP contribution in [0, 0.1) is 6.92 Å². The van der Waals surface area contributed by atoms with E-state index in [1.54, 1.807) is 0 Å². The molecule has 0 radical (unpaired) electrons. The third-order valence-electron chi connectivity index (χ3n) is 2.74. The topological polar surface area (TPSA) is 26.3 Å². The quantitative estimate of drug-likeness (QED) is 0.531. The molecule has 1 aromatic carbocycles. The summed E-state index contributed by atoms with van der Waals surface area (Å²) < 4.78 is 5.02. The third-order valence-corrected chi connectivity index (χ3v) is 2.74. The molecule has 0 unspecified atom stereocenters. The minimum absolute atomic E-state index is 0.0938. The van der Waals surface area contributed by atoms with Crippen molar-refractivity contribution >= 4 is 5.97 Å². The maximum absolute atomic E-state index is 10.9. The molecule has 2 heteroatoms. The van der Waals surface area contributed by atoms with Crippen molar-refractivity contribution in [3.63, 3.8) is 0 Å². The zero-order valence-electron chi connectivity index (χ0n) is 10.9. The van der Waals surface area contributed by atoms with Crippen LogP contribution in [-0.2, 0) is 16.0 Å². The van der Waals surface area contributed by atoms with Crippen LogP contribution < -0.4 is 0 Å². The number of aryl methyl sites for hydroxylation is 2. The highest BCUT2D eigenvalue weighted by atomic mass is 16.5. The van der Waals surface area contributed by atoms with Crippen LogP contribution in [0.1, 0.15) is 43.7 Å². The van der Waals surface area contributed by atoms with Gasteiger partial charge in [-0.1, -0.05) is 36.8 Å². The van der Waals surface area contributed by atoms with E-state index in [-0.39, 0.29) is 5.97 Å². The Morgan fingerprint density at radius 3 is 2.76 bits per heavy atom. The fraction of sp³-hybridized carbons (Fsp3) is 0.533. The number of hydrogen-bond donors (Lipinski definition) is 0. The lowest BCUT2D eigenvalue weighted by atomic mass is 10.1. The molecule has 0 aliphatic carbocycles. The fourth-order valence-corrected chi connectivity index (χ4v) is 1.76. The van der Waals surface area contributed by atoms with E-state index < -0.39 is 0 Å². The molecule has 94 valence electrons. The van der Waals surface area contributed by atoms with Crippen molar-refractivity contribution in [3.05, 3.63) is 35.4 Å². The van der Waals surface area contributed by atoms with Gasteiger partial charge in [-0.15, -0.1) is 0 Å². The van der Waals surface area contributed by atoms with E-state index in [0.717, 1.165) is 25.7 Å². The molecule has 0 saturated heterocycles. The second-order valence-electron chi connectivity index (χ2n) is 4.37. The van der Waals surface area contributed by atoms with E-state index in [1.807, 2.05) is 6.92 Å². The Morgan fingerprint density at radius 2 is 2.06 bits per heavy atom. The molecule has 0 spiro atoms. The van der Waals surface area contributed by atoms with Crippen LogP contribution in [0.15, 0.2) is 24.3 Å². The van der Waals surface area contributed by atoms with Gasteiger partial charge in [-0.2, -0.15) is 0 Å². The zero-order valence-corrected chi connectivity index (χ0v) is 10.9. The fourth-order valence-electron chi connectivity index (χ4n) is 1.76. The van der Waals surface area contributed by atoms with Gasteiger partial charge in [0.05, 0.1) is 6.61 Å². The number of esters is 1. The molecular formula is C15H22O2. The molecule has 0 aromatic heterocycles. The van der Waals surface area contributed by atoms with Gasteiger partial charge < -0.3 is 4.74 Å². The summed E-state index contributed by atoms with van der Waals surface area (Å²) in [4.78, 5) is 10.9. The summed E-state index contributed by atoms with van der Waals surface area (Å²) in [6.45, 7) is 4.51. The summed E-state index contributed by atoms with van der Waals surface area (Å²) in [5, 5.41) is 0. The van der Waals surface area contributed by atoms with Gasteiger partial charge in [-0.05, 0) is 38.2 Å². The number of ether oxygens (including phenoxy) is 1. The van der Waals surface area contributed by atoms with Gasteiger partial charge in [0.1, 0.15) is 0 Å². The van der Waals surface area contributed by atoms with Gasteiger partial charge in [-0.25, -0.2) is 0 Å². The molecule has 0 saturated carbocycles. The second kappa shape index (κ2) is 7.88. The number of hydrogen-bond acceptors (Lipinski definition) is 2. The molecule has 17 heavy (non-hydrogen) atoms. The molecule has 0 heterocycles. The van der Waals surface area contributed by atoms with Crippen molar-refractivity contribution in [2.75, 3.05) is 6.61 Å². The van der Waals surface area contributed by atoms with Crippen molar-refractivity contribution < 1.29 is 9.53 Å². The van der Waals surface area contributed by atoms with Crippen LogP contribution in [0.3, 0.4) is 0 Å². The van der Waals surface area contributed by atoms with Gasteiger partial charge >= 0.3 is 5.97 Å². The SMILES string of the molecule is CCC(=O)OCCCCCc1cccc(C)c1. The van der Waals surface area contributed by atoms with Crippen molar-refractivity contribution in [3.8, 4) is 0 Å². The Hall–Kier alpha value is -1.31. The Kier molecular flexibility index (Phi) is 6.38. The van der Waals surface area contributed by atoms with E-state index in [1.165, 1.54) is 11.1 Å². The predicted molar refractivity (Wildman–Crippen MR) is 70.0 cm³/mol. The Bertz CT molecular complexity index is 345. The normalized spacial score (nSPS) is 10.2. The average molecular weight is 234 g/mol. The van der Waals surface area contributed by atoms with Crippen LogP contribution in [0.25, 0.3) is 0 Å². The molecule has 1 aromatic rings. The summed E-state index contributed by atoms with van der Waals surface area (Å²) in [5.41, 5.74) is 2.72. The highest BCUT2D eigenvalue weighted by Crippen LogP contribution is 2.09. The maximum atomic E-state index is 10.9. The third kappa shape index (κ3) is 6.10. The summed E-state index contributed by atoms with van der Waals surface area (Å²) in [6.07, 6.45) is 4.84. The average Bonchev–Trinajstić information content (AvgIpc) is 2.33. The molecule has 0 N–H and O–H groups in total. The number of carbonyl (C=O) groups excluding carboxylic acids is 1. The zero-order chi connectivity index (χ0) is 12.5. The van der Waals surface area contributed by atoms with Crippen LogP contribution in [-0.4, -0.2) is 12.6 Å². The van der Waals surface area contributed by atoms with Crippen molar-refractivity contribution in [1.82, 2.24) is 0 Å². The molecular weight excluding hydrogens is 212 g/mol. The molecule has 0 aliphatic heterocycles. The highest BCUT2D eigenvalue weighted by molar-refractivity contribution is 5.68. The highest BCUT2D eigenvalue weighted by Gasteiger charge is 1.98. The summed E-state index contributed by atoms with van der Waals surface area (Å²) in [5.74, 6) is -0.0938. The Balaban J connectivity index is 2.06. The van der Waals surface area contributed by atoms with Gasteiger partial charge in [0, 0.05) is 6.42 Å². The Labute approximate surface area is 104 Å². The minimum Gasteiger partial charge on any atom is -0.466 e. The van der Waals surface area contributed by atoms with E-state index in [0.29, 0.717) is 13.0 Å². The monoisotopic (exact) mass is 234 g/mol. The van der Waals surface area contributed by atoms with E-state index in [4.69, 9.17) is 4.74 Å². The van der Waals surface area contributed by atoms with Gasteiger partial charge in [0.2, 0.25) is 0 Å². The first kappa shape index (κ1) is 13.8. The summed E-state index contributed by atoms with van der Waals surface area (Å²) in [7, 11) is 0. The largest absolute Gasteiger partial charge is 0.466 e. The van der Waals surface area contributed by atoms with Crippen molar-refractivity contribution in [1.29, 1.82) is 0 Å². The number of unbranched alkanes of at least 4 members (excludes halogenated alkanes) is 2. The lowest BCUT2D eigenvalue weighted by Crippen LogP contribution is -2.03. The first-order valence-electron chi connectivity index (χ1n) is 6.43. The van der Waals surface area contributed by atoms with Crippen LogP contribution in [0.4, 0.5) is 0 Å². The summed E-state index contributed by atoms with van der Waals surface area (Å²) >= 11 is 0. The lowest BCUT2D eigenvalue weighted by molar-refractivity contribution is -0.143. The molecule has 0 atom stereocenters. The van der Waals surface area contributed by atoms with Crippen LogP contribution >= 0.6 is 0 Å². The van der Waals surface area contributed by atoms with Gasteiger partial charge in [0.15, 0.2) is 0 Å².